The predicted molar refractivity (Wildman–Crippen MR) is 114 cm³/mol. The standard InChI is InChI=1S/C22H16ClN5O3/c23-16-7-3-6-14(11-16)21(29)24-12-15-5-1-2-10-20(15)28-13-19(26-27-28)17-8-4-9-18(25-17)22(30)31/h1-11,13H,12H2,(H,24,29)(H,30,31). The van der Waals surface area contributed by atoms with Gasteiger partial charge < -0.3 is 10.4 Å². The molecular weight excluding hydrogens is 418 g/mol. The summed E-state index contributed by atoms with van der Waals surface area (Å²) in [4.78, 5) is 27.7. The minimum absolute atomic E-state index is 0.0730. The molecule has 0 aliphatic heterocycles. The molecule has 0 unspecified atom stereocenters. The van der Waals surface area contributed by atoms with E-state index >= 15 is 0 Å². The van der Waals surface area contributed by atoms with E-state index in [0.29, 0.717) is 22.0 Å². The maximum atomic E-state index is 12.4. The Morgan fingerprint density at radius 1 is 1.00 bits per heavy atom. The van der Waals surface area contributed by atoms with Crippen LogP contribution in [0.3, 0.4) is 0 Å². The van der Waals surface area contributed by atoms with Gasteiger partial charge in [-0.05, 0) is 42.0 Å². The Labute approximate surface area is 182 Å². The summed E-state index contributed by atoms with van der Waals surface area (Å²) in [6.45, 7) is 0.267. The number of halogens is 1. The van der Waals surface area contributed by atoms with Crippen molar-refractivity contribution in [2.75, 3.05) is 0 Å². The lowest BCUT2D eigenvalue weighted by atomic mass is 10.1. The van der Waals surface area contributed by atoms with E-state index in [9.17, 15) is 9.59 Å². The molecule has 4 rings (SSSR count). The molecule has 4 aromatic rings. The van der Waals surface area contributed by atoms with Crippen molar-refractivity contribution in [2.24, 2.45) is 0 Å². The first kappa shape index (κ1) is 20.2. The molecule has 31 heavy (non-hydrogen) atoms. The fourth-order valence-electron chi connectivity index (χ4n) is 2.99. The Bertz CT molecular complexity index is 1270. The van der Waals surface area contributed by atoms with Crippen molar-refractivity contribution in [2.45, 2.75) is 6.54 Å². The van der Waals surface area contributed by atoms with Crippen molar-refractivity contribution < 1.29 is 14.7 Å². The fourth-order valence-corrected chi connectivity index (χ4v) is 3.18. The average Bonchev–Trinajstić information content (AvgIpc) is 3.28. The van der Waals surface area contributed by atoms with E-state index in [0.717, 1.165) is 11.3 Å². The Morgan fingerprint density at radius 3 is 2.61 bits per heavy atom. The van der Waals surface area contributed by atoms with Gasteiger partial charge in [0.2, 0.25) is 0 Å². The zero-order chi connectivity index (χ0) is 21.8. The highest BCUT2D eigenvalue weighted by molar-refractivity contribution is 6.30. The third-order valence-electron chi connectivity index (χ3n) is 4.49. The third kappa shape index (κ3) is 4.59. The van der Waals surface area contributed by atoms with E-state index < -0.39 is 5.97 Å². The van der Waals surface area contributed by atoms with Crippen LogP contribution in [0, 0.1) is 0 Å². The van der Waals surface area contributed by atoms with Gasteiger partial charge in [-0.2, -0.15) is 0 Å². The number of para-hydroxylation sites is 1. The number of carbonyl (C=O) groups excluding carboxylic acids is 1. The van der Waals surface area contributed by atoms with Crippen molar-refractivity contribution in [1.82, 2.24) is 25.3 Å². The summed E-state index contributed by atoms with van der Waals surface area (Å²) in [6, 6.07) is 18.8. The molecule has 1 amide bonds. The molecule has 8 nitrogen and oxygen atoms in total. The molecule has 0 saturated heterocycles. The zero-order valence-electron chi connectivity index (χ0n) is 16.1. The Balaban J connectivity index is 1.56. The number of carbonyl (C=O) groups is 2. The van der Waals surface area contributed by atoms with Crippen LogP contribution in [-0.4, -0.2) is 37.0 Å². The van der Waals surface area contributed by atoms with Crippen LogP contribution < -0.4 is 5.32 Å². The first-order valence-corrected chi connectivity index (χ1v) is 9.64. The van der Waals surface area contributed by atoms with E-state index in [-0.39, 0.29) is 18.1 Å². The third-order valence-corrected chi connectivity index (χ3v) is 4.72. The second-order valence-corrected chi connectivity index (χ2v) is 7.02. The molecule has 2 N–H and O–H groups in total. The van der Waals surface area contributed by atoms with Gasteiger partial charge in [-0.1, -0.05) is 47.1 Å². The second-order valence-electron chi connectivity index (χ2n) is 6.58. The maximum absolute atomic E-state index is 12.4. The number of nitrogens with one attached hydrogen (secondary N) is 1. The maximum Gasteiger partial charge on any atom is 0.354 e. The second kappa shape index (κ2) is 8.76. The number of aromatic carboxylic acids is 1. The van der Waals surface area contributed by atoms with Gasteiger partial charge in [-0.15, -0.1) is 5.10 Å². The lowest BCUT2D eigenvalue weighted by Gasteiger charge is -2.10. The minimum Gasteiger partial charge on any atom is -0.477 e. The number of rotatable bonds is 6. The Morgan fingerprint density at radius 2 is 1.81 bits per heavy atom. The Hall–Kier alpha value is -4.04. The van der Waals surface area contributed by atoms with Crippen LogP contribution in [-0.2, 0) is 6.54 Å². The molecule has 0 aliphatic rings. The molecule has 2 heterocycles. The number of amides is 1. The quantitative estimate of drug-likeness (QED) is 0.480. The van der Waals surface area contributed by atoms with E-state index in [1.807, 2.05) is 24.3 Å². The number of aromatic nitrogens is 4. The largest absolute Gasteiger partial charge is 0.477 e. The molecule has 2 aromatic heterocycles. The van der Waals surface area contributed by atoms with E-state index in [2.05, 4.69) is 20.6 Å². The van der Waals surface area contributed by atoms with Gasteiger partial charge in [-0.25, -0.2) is 14.5 Å². The SMILES string of the molecule is O=C(NCc1ccccc1-n1cc(-c2cccc(C(=O)O)n2)nn1)c1cccc(Cl)c1. The summed E-state index contributed by atoms with van der Waals surface area (Å²) in [6.07, 6.45) is 1.66. The van der Waals surface area contributed by atoms with E-state index in [1.165, 1.54) is 6.07 Å². The predicted octanol–water partition coefficient (Wildman–Crippen LogP) is 3.61. The van der Waals surface area contributed by atoms with Crippen molar-refractivity contribution in [1.29, 1.82) is 0 Å². The molecule has 154 valence electrons. The lowest BCUT2D eigenvalue weighted by Crippen LogP contribution is -2.23. The van der Waals surface area contributed by atoms with Gasteiger partial charge in [0.25, 0.3) is 5.91 Å². The van der Waals surface area contributed by atoms with Crippen LogP contribution >= 0.6 is 11.6 Å². The number of hydrogen-bond acceptors (Lipinski definition) is 5. The van der Waals surface area contributed by atoms with Gasteiger partial charge >= 0.3 is 5.97 Å². The van der Waals surface area contributed by atoms with Gasteiger partial charge in [0.15, 0.2) is 0 Å². The topological polar surface area (TPSA) is 110 Å². The minimum atomic E-state index is -1.12. The van der Waals surface area contributed by atoms with Crippen LogP contribution in [0.5, 0.6) is 0 Å². The molecule has 2 aromatic carbocycles. The summed E-state index contributed by atoms with van der Waals surface area (Å²) in [7, 11) is 0. The zero-order valence-corrected chi connectivity index (χ0v) is 16.8. The highest BCUT2D eigenvalue weighted by Gasteiger charge is 2.13. The molecule has 0 fully saturated rings. The van der Waals surface area contributed by atoms with Crippen molar-refractivity contribution >= 4 is 23.5 Å². The van der Waals surface area contributed by atoms with Gasteiger partial charge in [0.05, 0.1) is 17.6 Å². The number of carboxylic acids is 1. The fraction of sp³-hybridized carbons (Fsp3) is 0.0455. The van der Waals surface area contributed by atoms with Crippen LogP contribution in [0.25, 0.3) is 17.1 Å². The van der Waals surface area contributed by atoms with Crippen LogP contribution in [0.4, 0.5) is 0 Å². The first-order chi connectivity index (χ1) is 15.0. The van der Waals surface area contributed by atoms with Crippen molar-refractivity contribution in [3.8, 4) is 17.1 Å². The normalized spacial score (nSPS) is 10.6. The van der Waals surface area contributed by atoms with Crippen LogP contribution in [0.1, 0.15) is 26.4 Å². The first-order valence-electron chi connectivity index (χ1n) is 9.26. The molecular formula is C22H16ClN5O3. The summed E-state index contributed by atoms with van der Waals surface area (Å²) in [5.41, 5.74) is 2.77. The summed E-state index contributed by atoms with van der Waals surface area (Å²) < 4.78 is 1.56. The Kier molecular flexibility index (Phi) is 5.72. The number of pyridine rings is 1. The molecule has 0 aliphatic carbocycles. The van der Waals surface area contributed by atoms with Crippen LogP contribution in [0.2, 0.25) is 5.02 Å². The number of benzene rings is 2. The molecule has 0 spiro atoms. The van der Waals surface area contributed by atoms with Crippen molar-refractivity contribution in [3.05, 3.63) is 94.8 Å². The molecule has 0 bridgehead atoms. The van der Waals surface area contributed by atoms with Gasteiger partial charge in [0, 0.05) is 17.1 Å². The highest BCUT2D eigenvalue weighted by atomic mass is 35.5. The smallest absolute Gasteiger partial charge is 0.354 e. The summed E-state index contributed by atoms with van der Waals surface area (Å²) >= 11 is 5.96. The molecule has 0 saturated carbocycles. The average molecular weight is 434 g/mol. The number of nitrogens with zero attached hydrogens (tertiary/aromatic N) is 4. The molecule has 9 heteroatoms. The summed E-state index contributed by atoms with van der Waals surface area (Å²) in [5, 5.41) is 20.8. The van der Waals surface area contributed by atoms with Crippen LogP contribution in [0.15, 0.2) is 72.9 Å². The summed E-state index contributed by atoms with van der Waals surface area (Å²) in [5.74, 6) is -1.36. The van der Waals surface area contributed by atoms with Crippen molar-refractivity contribution in [3.63, 3.8) is 0 Å². The lowest BCUT2D eigenvalue weighted by molar-refractivity contribution is 0.0690. The monoisotopic (exact) mass is 433 g/mol. The van der Waals surface area contributed by atoms with E-state index in [1.54, 1.807) is 47.3 Å². The molecule has 0 radical (unpaired) electrons. The number of carboxylic acid groups (broad SMARTS) is 1. The highest BCUT2D eigenvalue weighted by Crippen LogP contribution is 2.19. The van der Waals surface area contributed by atoms with Gasteiger partial charge in [-0.3, -0.25) is 4.79 Å². The van der Waals surface area contributed by atoms with E-state index in [4.69, 9.17) is 16.7 Å². The molecule has 0 atom stereocenters. The number of hydrogen-bond donors (Lipinski definition) is 2. The van der Waals surface area contributed by atoms with Gasteiger partial charge in [0.1, 0.15) is 11.4 Å².